The van der Waals surface area contributed by atoms with Crippen molar-refractivity contribution in [2.75, 3.05) is 32.8 Å². The highest BCUT2D eigenvalue weighted by atomic mass is 16.7. The van der Waals surface area contributed by atoms with Gasteiger partial charge in [0.25, 0.3) is 0 Å². The number of hydrogen-bond donors (Lipinski definition) is 0. The fourth-order valence-corrected chi connectivity index (χ4v) is 3.12. The van der Waals surface area contributed by atoms with Gasteiger partial charge in [-0.05, 0) is 45.2 Å². The van der Waals surface area contributed by atoms with Crippen LogP contribution in [0, 0.1) is 0 Å². The maximum absolute atomic E-state index is 6.02. The van der Waals surface area contributed by atoms with Gasteiger partial charge in [-0.2, -0.15) is 0 Å². The van der Waals surface area contributed by atoms with E-state index in [0.29, 0.717) is 0 Å². The zero-order valence-electron chi connectivity index (χ0n) is 16.0. The molecule has 0 N–H and O–H groups in total. The van der Waals surface area contributed by atoms with Gasteiger partial charge in [0, 0.05) is 19.6 Å². The van der Waals surface area contributed by atoms with Crippen molar-refractivity contribution in [2.24, 2.45) is 0 Å². The van der Waals surface area contributed by atoms with Gasteiger partial charge in [0.15, 0.2) is 0 Å². The summed E-state index contributed by atoms with van der Waals surface area (Å²) in [5, 5.41) is 0. The predicted molar refractivity (Wildman–Crippen MR) is 103 cm³/mol. The van der Waals surface area contributed by atoms with Crippen LogP contribution in [0.15, 0.2) is 30.2 Å². The van der Waals surface area contributed by atoms with Crippen LogP contribution in [0.1, 0.15) is 38.8 Å². The van der Waals surface area contributed by atoms with Crippen LogP contribution in [-0.2, 0) is 20.5 Å². The van der Waals surface area contributed by atoms with Gasteiger partial charge in [-0.1, -0.05) is 36.3 Å². The Bertz CT molecular complexity index is 593. The van der Waals surface area contributed by atoms with Gasteiger partial charge in [-0.3, -0.25) is 4.90 Å². The summed E-state index contributed by atoms with van der Waals surface area (Å²) in [6.45, 7) is 13.2. The van der Waals surface area contributed by atoms with Crippen LogP contribution in [0.25, 0.3) is 6.08 Å². The minimum Gasteiger partial charge on any atom is -0.400 e. The molecule has 0 amide bonds. The lowest BCUT2D eigenvalue weighted by atomic mass is 9.89. The summed E-state index contributed by atoms with van der Waals surface area (Å²) < 4.78 is 17.4. The number of rotatable bonds is 5. The van der Waals surface area contributed by atoms with E-state index in [1.807, 2.05) is 5.98 Å². The third-order valence-electron chi connectivity index (χ3n) is 5.49. The van der Waals surface area contributed by atoms with Gasteiger partial charge in [-0.15, -0.1) is 0 Å². The molecule has 0 spiro atoms. The minimum absolute atomic E-state index is 0.290. The highest BCUT2D eigenvalue weighted by Crippen LogP contribution is 2.37. The molecule has 2 heterocycles. The van der Waals surface area contributed by atoms with E-state index in [4.69, 9.17) is 14.0 Å². The largest absolute Gasteiger partial charge is 0.487 e. The van der Waals surface area contributed by atoms with Gasteiger partial charge < -0.3 is 14.0 Å². The summed E-state index contributed by atoms with van der Waals surface area (Å²) >= 11 is 0. The topological polar surface area (TPSA) is 30.9 Å². The van der Waals surface area contributed by atoms with Crippen molar-refractivity contribution in [1.82, 2.24) is 4.90 Å². The lowest BCUT2D eigenvalue weighted by Gasteiger charge is -2.32. The molecule has 3 rings (SSSR count). The quantitative estimate of drug-likeness (QED) is 0.769. The molecule has 0 saturated carbocycles. The number of ether oxygens (including phenoxy) is 1. The molecule has 1 aromatic rings. The van der Waals surface area contributed by atoms with Crippen LogP contribution in [0.3, 0.4) is 0 Å². The van der Waals surface area contributed by atoms with Crippen LogP contribution in [0.5, 0.6) is 0 Å². The van der Waals surface area contributed by atoms with Crippen LogP contribution >= 0.6 is 0 Å². The van der Waals surface area contributed by atoms with E-state index in [1.165, 1.54) is 11.1 Å². The second-order valence-electron chi connectivity index (χ2n) is 7.93. The average molecular weight is 343 g/mol. The van der Waals surface area contributed by atoms with Crippen molar-refractivity contribution in [1.29, 1.82) is 0 Å². The first-order valence-electron chi connectivity index (χ1n) is 9.29. The highest BCUT2D eigenvalue weighted by molar-refractivity contribution is 6.52. The lowest BCUT2D eigenvalue weighted by Crippen LogP contribution is -2.41. The van der Waals surface area contributed by atoms with Crippen molar-refractivity contribution in [3.05, 3.63) is 41.4 Å². The summed E-state index contributed by atoms with van der Waals surface area (Å²) in [4.78, 5) is 2.47. The van der Waals surface area contributed by atoms with E-state index in [9.17, 15) is 0 Å². The van der Waals surface area contributed by atoms with Gasteiger partial charge in [0.05, 0.1) is 24.4 Å². The van der Waals surface area contributed by atoms with E-state index < -0.39 is 0 Å². The number of morpholine rings is 1. The van der Waals surface area contributed by atoms with Crippen LogP contribution < -0.4 is 0 Å². The van der Waals surface area contributed by atoms with Crippen LogP contribution in [-0.4, -0.2) is 56.1 Å². The van der Waals surface area contributed by atoms with E-state index in [0.717, 1.165) is 39.3 Å². The molecule has 25 heavy (non-hydrogen) atoms. The van der Waals surface area contributed by atoms with E-state index in [2.05, 4.69) is 62.9 Å². The molecule has 0 aromatic heterocycles. The van der Waals surface area contributed by atoms with Crippen molar-refractivity contribution in [3.63, 3.8) is 0 Å². The molecule has 4 nitrogen and oxygen atoms in total. The maximum Gasteiger partial charge on any atom is 0.487 e. The number of benzene rings is 1. The monoisotopic (exact) mass is 343 g/mol. The Balaban J connectivity index is 1.56. The molecule has 2 saturated heterocycles. The third kappa shape index (κ3) is 4.73. The van der Waals surface area contributed by atoms with Crippen molar-refractivity contribution in [2.45, 2.75) is 45.3 Å². The number of hydrogen-bond acceptors (Lipinski definition) is 4. The summed E-state index contributed by atoms with van der Waals surface area (Å²) in [6.07, 6.45) is 3.17. The Hall–Kier alpha value is -1.14. The Morgan fingerprint density at radius 3 is 2.44 bits per heavy atom. The normalized spacial score (nSPS) is 23.4. The van der Waals surface area contributed by atoms with Crippen molar-refractivity contribution < 1.29 is 14.0 Å². The Morgan fingerprint density at radius 2 is 1.76 bits per heavy atom. The zero-order valence-corrected chi connectivity index (χ0v) is 16.0. The second kappa shape index (κ2) is 7.62. The Labute approximate surface area is 152 Å². The Morgan fingerprint density at radius 1 is 1.08 bits per heavy atom. The smallest absolute Gasteiger partial charge is 0.400 e. The first-order valence-corrected chi connectivity index (χ1v) is 9.29. The van der Waals surface area contributed by atoms with E-state index in [1.54, 1.807) is 0 Å². The maximum atomic E-state index is 6.02. The standard InChI is InChI=1S/C20H30BNO3/c1-19(2)20(3,4)25-21(24-19)10-8-17-6-5-7-18(16-17)9-11-22-12-14-23-15-13-22/h5-8,10,16H,9,11-15H2,1-4H3/b10-8+. The number of nitrogens with zero attached hydrogens (tertiary/aromatic N) is 1. The second-order valence-corrected chi connectivity index (χ2v) is 7.93. The third-order valence-corrected chi connectivity index (χ3v) is 5.49. The lowest BCUT2D eigenvalue weighted by molar-refractivity contribution is 0.00578. The summed E-state index contributed by atoms with van der Waals surface area (Å²) in [5.74, 6) is 2.01. The SMILES string of the molecule is CC1(C)OB(/C=C/c2cccc(CCN3CCOCC3)c2)OC1(C)C. The van der Waals surface area contributed by atoms with Crippen molar-refractivity contribution >= 4 is 13.2 Å². The van der Waals surface area contributed by atoms with Gasteiger partial charge in [-0.25, -0.2) is 0 Å². The zero-order chi connectivity index (χ0) is 17.9. The molecule has 0 unspecified atom stereocenters. The molecule has 1 aromatic carbocycles. The first kappa shape index (κ1) is 18.6. The molecule has 0 bridgehead atoms. The molecular weight excluding hydrogens is 313 g/mol. The van der Waals surface area contributed by atoms with Gasteiger partial charge in [0.1, 0.15) is 0 Å². The molecule has 0 radical (unpaired) electrons. The van der Waals surface area contributed by atoms with Crippen LogP contribution in [0.4, 0.5) is 0 Å². The van der Waals surface area contributed by atoms with Gasteiger partial charge in [0.2, 0.25) is 0 Å². The van der Waals surface area contributed by atoms with E-state index >= 15 is 0 Å². The molecule has 2 aliphatic rings. The van der Waals surface area contributed by atoms with E-state index in [-0.39, 0.29) is 18.3 Å². The van der Waals surface area contributed by atoms with Crippen LogP contribution in [0.2, 0.25) is 0 Å². The molecule has 0 aliphatic carbocycles. The Kier molecular flexibility index (Phi) is 5.69. The van der Waals surface area contributed by atoms with Crippen molar-refractivity contribution in [3.8, 4) is 0 Å². The summed E-state index contributed by atoms with van der Waals surface area (Å²) in [7, 11) is -0.290. The molecule has 5 heteroatoms. The molecule has 136 valence electrons. The fourth-order valence-electron chi connectivity index (χ4n) is 3.12. The predicted octanol–water partition coefficient (Wildman–Crippen LogP) is 3.21. The molecule has 0 atom stereocenters. The van der Waals surface area contributed by atoms with Gasteiger partial charge >= 0.3 is 7.12 Å². The summed E-state index contributed by atoms with van der Waals surface area (Å²) in [5.41, 5.74) is 1.97. The minimum atomic E-state index is -0.290. The average Bonchev–Trinajstić information content (AvgIpc) is 2.80. The fraction of sp³-hybridized carbons (Fsp3) is 0.600. The highest BCUT2D eigenvalue weighted by Gasteiger charge is 2.49. The molecular formula is C20H30BNO3. The first-order chi connectivity index (χ1) is 11.9. The molecule has 2 fully saturated rings. The molecule has 2 aliphatic heterocycles. The summed E-state index contributed by atoms with van der Waals surface area (Å²) in [6, 6.07) is 8.70.